The normalized spacial score (nSPS) is 10.1. The highest BCUT2D eigenvalue weighted by Gasteiger charge is 2.06. The van der Waals surface area contributed by atoms with Crippen molar-refractivity contribution in [1.82, 2.24) is 15.0 Å². The molecule has 5 nitrogen and oxygen atoms in total. The van der Waals surface area contributed by atoms with Crippen LogP contribution in [0.25, 0.3) is 0 Å². The van der Waals surface area contributed by atoms with E-state index in [1.54, 1.807) is 24.8 Å². The Morgan fingerprint density at radius 1 is 1.29 bits per heavy atom. The van der Waals surface area contributed by atoms with E-state index in [0.29, 0.717) is 11.4 Å². The van der Waals surface area contributed by atoms with Gasteiger partial charge in [-0.3, -0.25) is 15.4 Å². The Balaban J connectivity index is 2.12. The molecule has 0 saturated heterocycles. The van der Waals surface area contributed by atoms with Gasteiger partial charge in [0.25, 0.3) is 0 Å². The molecular formula is C11H11N5S. The third-order valence-electron chi connectivity index (χ3n) is 2.06. The summed E-state index contributed by atoms with van der Waals surface area (Å²) in [4.78, 5) is 12.2. The summed E-state index contributed by atoms with van der Waals surface area (Å²) in [5, 5.41) is 8.28. The van der Waals surface area contributed by atoms with Crippen LogP contribution in [-0.4, -0.2) is 20.8 Å². The number of amidine groups is 1. The fourth-order valence-electron chi connectivity index (χ4n) is 1.31. The lowest BCUT2D eigenvalue weighted by atomic mass is 10.2. The first-order valence-corrected chi connectivity index (χ1v) is 5.93. The Morgan fingerprint density at radius 3 is 2.88 bits per heavy atom. The smallest absolute Gasteiger partial charge is 0.142 e. The molecule has 0 aliphatic heterocycles. The highest BCUT2D eigenvalue weighted by Crippen LogP contribution is 2.20. The standard InChI is InChI=1S/C11H11N5S/c12-11(13)10-8(2-1-3-16-10)7-17-9-6-14-4-5-15-9/h1-6H,7H2,(H3,12,13). The van der Waals surface area contributed by atoms with Crippen LogP contribution in [0.4, 0.5) is 0 Å². The SMILES string of the molecule is N=C(N)c1ncccc1CSc1cnccn1. The van der Waals surface area contributed by atoms with Gasteiger partial charge in [-0.25, -0.2) is 4.98 Å². The Labute approximate surface area is 103 Å². The van der Waals surface area contributed by atoms with Crippen molar-refractivity contribution in [3.63, 3.8) is 0 Å². The van der Waals surface area contributed by atoms with Gasteiger partial charge in [0.2, 0.25) is 0 Å². The van der Waals surface area contributed by atoms with Crippen molar-refractivity contribution in [2.75, 3.05) is 0 Å². The zero-order chi connectivity index (χ0) is 12.1. The molecule has 2 aromatic heterocycles. The first-order chi connectivity index (χ1) is 8.27. The lowest BCUT2D eigenvalue weighted by Gasteiger charge is -2.05. The molecule has 17 heavy (non-hydrogen) atoms. The van der Waals surface area contributed by atoms with E-state index in [1.807, 2.05) is 12.1 Å². The Hall–Kier alpha value is -1.95. The van der Waals surface area contributed by atoms with Gasteiger partial charge in [-0.2, -0.15) is 0 Å². The minimum atomic E-state index is -0.0136. The maximum absolute atomic E-state index is 7.44. The van der Waals surface area contributed by atoms with Gasteiger partial charge in [0, 0.05) is 24.3 Å². The molecule has 0 aliphatic rings. The van der Waals surface area contributed by atoms with Gasteiger partial charge in [0.15, 0.2) is 0 Å². The molecule has 0 radical (unpaired) electrons. The predicted octanol–water partition coefficient (Wildman–Crippen LogP) is 1.45. The molecule has 0 atom stereocenters. The van der Waals surface area contributed by atoms with Gasteiger partial charge in [-0.05, 0) is 11.6 Å². The van der Waals surface area contributed by atoms with Crippen LogP contribution in [0.1, 0.15) is 11.3 Å². The van der Waals surface area contributed by atoms with Gasteiger partial charge < -0.3 is 5.73 Å². The number of aromatic nitrogens is 3. The Kier molecular flexibility index (Phi) is 3.66. The molecule has 0 aromatic carbocycles. The Bertz CT molecular complexity index is 514. The minimum Gasteiger partial charge on any atom is -0.382 e. The molecule has 0 aliphatic carbocycles. The fourth-order valence-corrected chi connectivity index (χ4v) is 2.12. The van der Waals surface area contributed by atoms with Crippen molar-refractivity contribution in [2.45, 2.75) is 10.8 Å². The molecule has 6 heteroatoms. The minimum absolute atomic E-state index is 0.0136. The van der Waals surface area contributed by atoms with Crippen molar-refractivity contribution in [3.8, 4) is 0 Å². The summed E-state index contributed by atoms with van der Waals surface area (Å²) in [6.07, 6.45) is 6.62. The van der Waals surface area contributed by atoms with Crippen molar-refractivity contribution >= 4 is 17.6 Å². The molecule has 0 amide bonds. The number of hydrogen-bond donors (Lipinski definition) is 2. The van der Waals surface area contributed by atoms with Crippen molar-refractivity contribution in [1.29, 1.82) is 5.41 Å². The van der Waals surface area contributed by atoms with Crippen LogP contribution in [0.5, 0.6) is 0 Å². The molecule has 2 rings (SSSR count). The average Bonchev–Trinajstić information content (AvgIpc) is 2.38. The highest BCUT2D eigenvalue weighted by molar-refractivity contribution is 7.98. The van der Waals surface area contributed by atoms with Crippen molar-refractivity contribution < 1.29 is 0 Å². The summed E-state index contributed by atoms with van der Waals surface area (Å²) >= 11 is 1.54. The van der Waals surface area contributed by atoms with E-state index in [4.69, 9.17) is 11.1 Å². The lowest BCUT2D eigenvalue weighted by molar-refractivity contribution is 1.05. The van der Waals surface area contributed by atoms with E-state index in [1.165, 1.54) is 11.8 Å². The van der Waals surface area contributed by atoms with Crippen LogP contribution < -0.4 is 5.73 Å². The number of nitrogen functional groups attached to an aromatic ring is 1. The van der Waals surface area contributed by atoms with Crippen LogP contribution in [-0.2, 0) is 5.75 Å². The first-order valence-electron chi connectivity index (χ1n) is 4.94. The van der Waals surface area contributed by atoms with E-state index >= 15 is 0 Å². The largest absolute Gasteiger partial charge is 0.382 e. The molecule has 0 spiro atoms. The molecule has 0 saturated carbocycles. The summed E-state index contributed by atoms with van der Waals surface area (Å²) in [6.45, 7) is 0. The van der Waals surface area contributed by atoms with E-state index in [-0.39, 0.29) is 5.84 Å². The van der Waals surface area contributed by atoms with Gasteiger partial charge in [-0.15, -0.1) is 11.8 Å². The van der Waals surface area contributed by atoms with Crippen LogP contribution in [0.15, 0.2) is 41.9 Å². The van der Waals surface area contributed by atoms with Gasteiger partial charge in [0.05, 0.1) is 6.20 Å². The summed E-state index contributed by atoms with van der Waals surface area (Å²) in [7, 11) is 0. The second-order valence-corrected chi connectivity index (χ2v) is 4.25. The number of nitrogens with two attached hydrogens (primary N) is 1. The van der Waals surface area contributed by atoms with Crippen LogP contribution >= 0.6 is 11.8 Å². The third-order valence-corrected chi connectivity index (χ3v) is 3.02. The third kappa shape index (κ3) is 3.01. The van der Waals surface area contributed by atoms with Crippen LogP contribution in [0.3, 0.4) is 0 Å². The molecule has 0 fully saturated rings. The number of rotatable bonds is 4. The van der Waals surface area contributed by atoms with Crippen LogP contribution in [0.2, 0.25) is 0 Å². The van der Waals surface area contributed by atoms with Gasteiger partial charge in [0.1, 0.15) is 16.6 Å². The number of nitrogens with zero attached hydrogens (tertiary/aromatic N) is 3. The van der Waals surface area contributed by atoms with E-state index in [0.717, 1.165) is 10.6 Å². The summed E-state index contributed by atoms with van der Waals surface area (Å²) in [5.74, 6) is 0.655. The quantitative estimate of drug-likeness (QED) is 0.483. The zero-order valence-electron chi connectivity index (χ0n) is 9.00. The molecule has 0 unspecified atom stereocenters. The van der Waals surface area contributed by atoms with Crippen molar-refractivity contribution in [2.24, 2.45) is 5.73 Å². The maximum Gasteiger partial charge on any atom is 0.142 e. The zero-order valence-corrected chi connectivity index (χ0v) is 9.81. The van der Waals surface area contributed by atoms with E-state index in [9.17, 15) is 0 Å². The van der Waals surface area contributed by atoms with Crippen molar-refractivity contribution in [3.05, 3.63) is 48.2 Å². The second kappa shape index (κ2) is 5.40. The summed E-state index contributed by atoms with van der Waals surface area (Å²) in [5.41, 5.74) is 6.92. The highest BCUT2D eigenvalue weighted by atomic mass is 32.2. The van der Waals surface area contributed by atoms with E-state index < -0.39 is 0 Å². The molecule has 2 aromatic rings. The molecule has 3 N–H and O–H groups in total. The molecule has 0 bridgehead atoms. The fraction of sp³-hybridized carbons (Fsp3) is 0.0909. The van der Waals surface area contributed by atoms with Gasteiger partial charge >= 0.3 is 0 Å². The summed E-state index contributed by atoms with van der Waals surface area (Å²) in [6, 6.07) is 3.74. The molecular weight excluding hydrogens is 234 g/mol. The average molecular weight is 245 g/mol. The second-order valence-electron chi connectivity index (χ2n) is 3.26. The number of thioether (sulfide) groups is 1. The Morgan fingerprint density at radius 2 is 2.18 bits per heavy atom. The lowest BCUT2D eigenvalue weighted by Crippen LogP contribution is -2.15. The van der Waals surface area contributed by atoms with Gasteiger partial charge in [-0.1, -0.05) is 6.07 Å². The number of nitrogens with one attached hydrogen (secondary N) is 1. The number of pyridine rings is 1. The first kappa shape index (κ1) is 11.5. The van der Waals surface area contributed by atoms with E-state index in [2.05, 4.69) is 15.0 Å². The molecule has 2 heterocycles. The number of hydrogen-bond acceptors (Lipinski definition) is 5. The monoisotopic (exact) mass is 245 g/mol. The topological polar surface area (TPSA) is 88.5 Å². The van der Waals surface area contributed by atoms with Crippen LogP contribution in [0, 0.1) is 5.41 Å². The summed E-state index contributed by atoms with van der Waals surface area (Å²) < 4.78 is 0. The predicted molar refractivity (Wildman–Crippen MR) is 66.8 cm³/mol. The maximum atomic E-state index is 7.44. The molecule has 86 valence electrons.